The second-order valence-corrected chi connectivity index (χ2v) is 5.11. The molecule has 1 aliphatic rings. The number of piperidine rings is 1. The summed E-state index contributed by atoms with van der Waals surface area (Å²) in [6.45, 7) is 2.84. The van der Waals surface area contributed by atoms with Crippen LogP contribution in [0.5, 0.6) is 0 Å². The van der Waals surface area contributed by atoms with E-state index in [4.69, 9.17) is 0 Å². The number of carbonyl (C=O) groups excluding carboxylic acids is 1. The fraction of sp³-hybridized carbons (Fsp3) is 0.692. The molecule has 1 aliphatic heterocycles. The Balaban J connectivity index is 1.70. The van der Waals surface area contributed by atoms with E-state index >= 15 is 0 Å². The van der Waals surface area contributed by atoms with Crippen molar-refractivity contribution in [3.05, 3.63) is 18.0 Å². The molecule has 0 saturated carbocycles. The molecule has 1 fully saturated rings. The van der Waals surface area contributed by atoms with Crippen molar-refractivity contribution in [2.24, 2.45) is 5.92 Å². The molecule has 1 aromatic rings. The van der Waals surface area contributed by atoms with Crippen LogP contribution in [-0.4, -0.2) is 41.1 Å². The minimum atomic E-state index is 0.224. The summed E-state index contributed by atoms with van der Waals surface area (Å²) in [6, 6.07) is 0. The van der Waals surface area contributed by atoms with Crippen LogP contribution in [0.4, 0.5) is 0 Å². The van der Waals surface area contributed by atoms with Crippen LogP contribution in [0.3, 0.4) is 0 Å². The fourth-order valence-electron chi connectivity index (χ4n) is 2.41. The standard InChI is InChI=1S/C13H22N4O/c1-17(10-12-8-15-16-9-12)13(18)5-4-11-3-2-6-14-7-11/h8-9,11,14H,2-7,10H2,1H3,(H,15,16). The normalized spacial score (nSPS) is 19.7. The predicted octanol–water partition coefficient (Wildman–Crippen LogP) is 1.15. The van der Waals surface area contributed by atoms with E-state index in [1.165, 1.54) is 12.8 Å². The first-order valence-electron chi connectivity index (χ1n) is 6.68. The summed E-state index contributed by atoms with van der Waals surface area (Å²) >= 11 is 0. The maximum Gasteiger partial charge on any atom is 0.222 e. The molecular weight excluding hydrogens is 228 g/mol. The van der Waals surface area contributed by atoms with Gasteiger partial charge in [-0.25, -0.2) is 0 Å². The molecule has 0 aromatic carbocycles. The summed E-state index contributed by atoms with van der Waals surface area (Å²) in [5, 5.41) is 10.0. The number of H-pyrrole nitrogens is 1. The van der Waals surface area contributed by atoms with Gasteiger partial charge >= 0.3 is 0 Å². The minimum Gasteiger partial charge on any atom is -0.341 e. The summed E-state index contributed by atoms with van der Waals surface area (Å²) in [4.78, 5) is 13.8. The Morgan fingerprint density at radius 2 is 2.50 bits per heavy atom. The zero-order chi connectivity index (χ0) is 12.8. The SMILES string of the molecule is CN(Cc1cn[nH]c1)C(=O)CCC1CCCNC1. The third-order valence-corrected chi connectivity index (χ3v) is 3.57. The van der Waals surface area contributed by atoms with Crippen molar-refractivity contribution in [2.75, 3.05) is 20.1 Å². The molecule has 5 nitrogen and oxygen atoms in total. The molecule has 2 heterocycles. The van der Waals surface area contributed by atoms with Crippen LogP contribution >= 0.6 is 0 Å². The van der Waals surface area contributed by atoms with Crippen LogP contribution in [0.1, 0.15) is 31.2 Å². The monoisotopic (exact) mass is 250 g/mol. The highest BCUT2D eigenvalue weighted by Gasteiger charge is 2.16. The van der Waals surface area contributed by atoms with Crippen LogP contribution in [0, 0.1) is 5.92 Å². The fourth-order valence-corrected chi connectivity index (χ4v) is 2.41. The van der Waals surface area contributed by atoms with Crippen molar-refractivity contribution in [2.45, 2.75) is 32.2 Å². The number of rotatable bonds is 5. The van der Waals surface area contributed by atoms with Gasteiger partial charge in [-0.2, -0.15) is 5.10 Å². The van der Waals surface area contributed by atoms with Gasteiger partial charge in [-0.15, -0.1) is 0 Å². The van der Waals surface area contributed by atoms with Crippen LogP contribution in [0.25, 0.3) is 0 Å². The van der Waals surface area contributed by atoms with E-state index in [9.17, 15) is 4.79 Å². The molecule has 0 aliphatic carbocycles. The Kier molecular flexibility index (Phi) is 4.75. The molecule has 0 spiro atoms. The highest BCUT2D eigenvalue weighted by molar-refractivity contribution is 5.75. The smallest absolute Gasteiger partial charge is 0.222 e. The first-order chi connectivity index (χ1) is 8.75. The van der Waals surface area contributed by atoms with Crippen molar-refractivity contribution in [3.63, 3.8) is 0 Å². The zero-order valence-electron chi connectivity index (χ0n) is 11.0. The van der Waals surface area contributed by atoms with Crippen molar-refractivity contribution in [1.29, 1.82) is 0 Å². The van der Waals surface area contributed by atoms with E-state index in [0.717, 1.165) is 25.1 Å². The summed E-state index contributed by atoms with van der Waals surface area (Å²) in [6.07, 6.45) is 7.74. The first-order valence-corrected chi connectivity index (χ1v) is 6.68. The lowest BCUT2D eigenvalue weighted by atomic mass is 9.94. The number of aromatic amines is 1. The molecule has 1 amide bonds. The van der Waals surface area contributed by atoms with Gasteiger partial charge in [-0.3, -0.25) is 9.89 Å². The van der Waals surface area contributed by atoms with Gasteiger partial charge in [0.1, 0.15) is 0 Å². The van der Waals surface area contributed by atoms with E-state index in [2.05, 4.69) is 15.5 Å². The quantitative estimate of drug-likeness (QED) is 0.824. The number of amides is 1. The van der Waals surface area contributed by atoms with E-state index < -0.39 is 0 Å². The van der Waals surface area contributed by atoms with E-state index in [0.29, 0.717) is 18.9 Å². The average Bonchev–Trinajstić information content (AvgIpc) is 2.90. The van der Waals surface area contributed by atoms with E-state index in [1.54, 1.807) is 11.1 Å². The predicted molar refractivity (Wildman–Crippen MR) is 69.9 cm³/mol. The molecular formula is C13H22N4O. The molecule has 1 atom stereocenters. The molecule has 1 aromatic heterocycles. The molecule has 0 radical (unpaired) electrons. The topological polar surface area (TPSA) is 61.0 Å². The van der Waals surface area contributed by atoms with Gasteiger partial charge < -0.3 is 10.2 Å². The van der Waals surface area contributed by atoms with Crippen molar-refractivity contribution in [3.8, 4) is 0 Å². The van der Waals surface area contributed by atoms with Gasteiger partial charge in [0.25, 0.3) is 0 Å². The summed E-state index contributed by atoms with van der Waals surface area (Å²) in [7, 11) is 1.86. The Morgan fingerprint density at radius 3 is 3.17 bits per heavy atom. The zero-order valence-corrected chi connectivity index (χ0v) is 11.0. The summed E-state index contributed by atoms with van der Waals surface area (Å²) < 4.78 is 0. The van der Waals surface area contributed by atoms with Gasteiger partial charge in [0, 0.05) is 31.8 Å². The van der Waals surface area contributed by atoms with Crippen LogP contribution in [0.15, 0.2) is 12.4 Å². The second kappa shape index (κ2) is 6.54. The number of nitrogens with one attached hydrogen (secondary N) is 2. The summed E-state index contributed by atoms with van der Waals surface area (Å²) in [5.41, 5.74) is 1.05. The summed E-state index contributed by atoms with van der Waals surface area (Å²) in [5.74, 6) is 0.895. The molecule has 2 N–H and O–H groups in total. The van der Waals surface area contributed by atoms with Gasteiger partial charge in [-0.1, -0.05) is 0 Å². The number of hydrogen-bond acceptors (Lipinski definition) is 3. The Labute approximate surface area is 108 Å². The minimum absolute atomic E-state index is 0.224. The Hall–Kier alpha value is -1.36. The molecule has 2 rings (SSSR count). The average molecular weight is 250 g/mol. The maximum absolute atomic E-state index is 12.0. The second-order valence-electron chi connectivity index (χ2n) is 5.11. The van der Waals surface area contributed by atoms with E-state index in [1.807, 2.05) is 13.2 Å². The molecule has 18 heavy (non-hydrogen) atoms. The lowest BCUT2D eigenvalue weighted by Gasteiger charge is -2.23. The van der Waals surface area contributed by atoms with E-state index in [-0.39, 0.29) is 5.91 Å². The molecule has 1 saturated heterocycles. The highest BCUT2D eigenvalue weighted by Crippen LogP contribution is 2.16. The maximum atomic E-state index is 12.0. The lowest BCUT2D eigenvalue weighted by Crippen LogP contribution is -2.31. The van der Waals surface area contributed by atoms with Gasteiger partial charge in [-0.05, 0) is 38.3 Å². The third kappa shape index (κ3) is 3.84. The molecule has 1 unspecified atom stereocenters. The molecule has 5 heteroatoms. The van der Waals surface area contributed by atoms with Gasteiger partial charge in [0.2, 0.25) is 5.91 Å². The third-order valence-electron chi connectivity index (χ3n) is 3.57. The van der Waals surface area contributed by atoms with Crippen molar-refractivity contribution in [1.82, 2.24) is 20.4 Å². The Bertz CT molecular complexity index is 357. The largest absolute Gasteiger partial charge is 0.341 e. The number of hydrogen-bond donors (Lipinski definition) is 2. The lowest BCUT2D eigenvalue weighted by molar-refractivity contribution is -0.130. The number of aromatic nitrogens is 2. The number of carbonyl (C=O) groups is 1. The van der Waals surface area contributed by atoms with Crippen molar-refractivity contribution < 1.29 is 4.79 Å². The van der Waals surface area contributed by atoms with Gasteiger partial charge in [0.15, 0.2) is 0 Å². The van der Waals surface area contributed by atoms with Crippen LogP contribution in [-0.2, 0) is 11.3 Å². The Morgan fingerprint density at radius 1 is 1.61 bits per heavy atom. The highest BCUT2D eigenvalue weighted by atomic mass is 16.2. The molecule has 100 valence electrons. The number of nitrogens with zero attached hydrogens (tertiary/aromatic N) is 2. The van der Waals surface area contributed by atoms with Crippen molar-refractivity contribution >= 4 is 5.91 Å². The first kappa shape index (κ1) is 13.1. The van der Waals surface area contributed by atoms with Crippen LogP contribution in [0.2, 0.25) is 0 Å². The van der Waals surface area contributed by atoms with Gasteiger partial charge in [0.05, 0.1) is 6.20 Å². The van der Waals surface area contributed by atoms with Crippen LogP contribution < -0.4 is 5.32 Å². The molecule has 0 bridgehead atoms.